The molecule has 3 aromatic carbocycles. The molecule has 0 unspecified atom stereocenters. The highest BCUT2D eigenvalue weighted by molar-refractivity contribution is 5.96. The molecule has 3 aromatic heterocycles. The molecule has 10 nitrogen and oxygen atoms in total. The van der Waals surface area contributed by atoms with Crippen LogP contribution in [0.5, 0.6) is 5.75 Å². The summed E-state index contributed by atoms with van der Waals surface area (Å²) in [5, 5.41) is 10.1. The molecule has 0 bridgehead atoms. The van der Waals surface area contributed by atoms with E-state index in [4.69, 9.17) is 15.7 Å². The molecular weight excluding hydrogens is 590 g/mol. The monoisotopic (exact) mass is 623 g/mol. The molecule has 234 valence electrons. The van der Waals surface area contributed by atoms with Crippen LogP contribution >= 0.6 is 0 Å². The lowest BCUT2D eigenvalue weighted by molar-refractivity contribution is 0.0475. The van der Waals surface area contributed by atoms with Gasteiger partial charge in [-0.2, -0.15) is 0 Å². The van der Waals surface area contributed by atoms with Crippen molar-refractivity contribution < 1.29 is 14.7 Å². The van der Waals surface area contributed by atoms with E-state index in [-0.39, 0.29) is 23.3 Å². The number of aromatic nitrogens is 4. The van der Waals surface area contributed by atoms with Gasteiger partial charge in [-0.3, -0.25) is 19.1 Å². The van der Waals surface area contributed by atoms with Crippen LogP contribution in [-0.2, 0) is 6.54 Å². The van der Waals surface area contributed by atoms with Crippen molar-refractivity contribution in [1.29, 1.82) is 0 Å². The second kappa shape index (κ2) is 12.5. The van der Waals surface area contributed by atoms with Gasteiger partial charge in [0.25, 0.3) is 5.91 Å². The molecule has 0 spiro atoms. The standard InChI is InChI=1S/C37H33N7O3/c1-24-21-42(18-19-43(24)37(47)27-11-12-28(23-45)33(46)20-27)22-25-9-13-29(14-10-25)44-35(30-8-5-17-39-34(30)38)41-32-16-15-31(40-36(32)44)26-6-3-2-4-7-26/h2-17,20,23-24,46H,18-19,21-22H2,1H3,(H2,38,39)/t24-/m0/s1. The minimum absolute atomic E-state index is 0.0295. The number of phenolic OH excluding ortho intramolecular Hbond substituents is 1. The third-order valence-electron chi connectivity index (χ3n) is 8.63. The number of benzene rings is 3. The second-order valence-electron chi connectivity index (χ2n) is 11.8. The summed E-state index contributed by atoms with van der Waals surface area (Å²) in [4.78, 5) is 42.7. The minimum atomic E-state index is -0.187. The highest BCUT2D eigenvalue weighted by Gasteiger charge is 2.28. The van der Waals surface area contributed by atoms with Gasteiger partial charge in [0, 0.05) is 55.2 Å². The molecule has 0 radical (unpaired) electrons. The molecule has 6 aromatic rings. The van der Waals surface area contributed by atoms with Gasteiger partial charge in [0.15, 0.2) is 17.8 Å². The van der Waals surface area contributed by atoms with Gasteiger partial charge in [0.2, 0.25) is 0 Å². The van der Waals surface area contributed by atoms with Crippen LogP contribution in [-0.4, -0.2) is 72.3 Å². The van der Waals surface area contributed by atoms with Gasteiger partial charge in [-0.1, -0.05) is 42.5 Å². The lowest BCUT2D eigenvalue weighted by Crippen LogP contribution is -2.53. The number of piperazine rings is 1. The van der Waals surface area contributed by atoms with Crippen molar-refractivity contribution in [2.45, 2.75) is 19.5 Å². The molecule has 3 N–H and O–H groups in total. The smallest absolute Gasteiger partial charge is 0.254 e. The third-order valence-corrected chi connectivity index (χ3v) is 8.63. The van der Waals surface area contributed by atoms with Crippen LogP contribution in [0.4, 0.5) is 5.82 Å². The zero-order chi connectivity index (χ0) is 32.5. The second-order valence-corrected chi connectivity index (χ2v) is 11.8. The maximum atomic E-state index is 13.2. The molecule has 0 saturated carbocycles. The molecule has 1 aliphatic rings. The predicted octanol–water partition coefficient (Wildman–Crippen LogP) is 5.60. The lowest BCUT2D eigenvalue weighted by Gasteiger charge is -2.40. The molecule has 47 heavy (non-hydrogen) atoms. The zero-order valence-electron chi connectivity index (χ0n) is 25.8. The molecule has 4 heterocycles. The molecule has 1 fully saturated rings. The predicted molar refractivity (Wildman–Crippen MR) is 181 cm³/mol. The summed E-state index contributed by atoms with van der Waals surface area (Å²) in [6, 6.07) is 30.5. The van der Waals surface area contributed by atoms with Crippen LogP contribution in [0, 0.1) is 0 Å². The molecule has 1 atom stereocenters. The van der Waals surface area contributed by atoms with Gasteiger partial charge in [0.1, 0.15) is 17.1 Å². The van der Waals surface area contributed by atoms with Crippen molar-refractivity contribution >= 4 is 29.2 Å². The number of phenols is 1. The van der Waals surface area contributed by atoms with Crippen LogP contribution in [0.25, 0.3) is 39.5 Å². The van der Waals surface area contributed by atoms with Crippen molar-refractivity contribution in [2.75, 3.05) is 25.4 Å². The number of hydrogen-bond acceptors (Lipinski definition) is 8. The fourth-order valence-corrected chi connectivity index (χ4v) is 6.19. The Balaban J connectivity index is 1.13. The number of amides is 1. The summed E-state index contributed by atoms with van der Waals surface area (Å²) in [5.74, 6) is 0.717. The van der Waals surface area contributed by atoms with Gasteiger partial charge in [-0.25, -0.2) is 15.0 Å². The van der Waals surface area contributed by atoms with E-state index in [1.54, 1.807) is 12.3 Å². The molecule has 1 saturated heterocycles. The highest BCUT2D eigenvalue weighted by Crippen LogP contribution is 2.32. The number of carbonyl (C=O) groups excluding carboxylic acids is 2. The first-order valence-corrected chi connectivity index (χ1v) is 15.5. The molecular formula is C37H33N7O3. The summed E-state index contributed by atoms with van der Waals surface area (Å²) < 4.78 is 2.03. The van der Waals surface area contributed by atoms with Crippen LogP contribution < -0.4 is 5.73 Å². The van der Waals surface area contributed by atoms with E-state index >= 15 is 0 Å². The largest absolute Gasteiger partial charge is 0.507 e. The summed E-state index contributed by atoms with van der Waals surface area (Å²) in [7, 11) is 0. The normalized spacial score (nSPS) is 15.2. The van der Waals surface area contributed by atoms with Gasteiger partial charge < -0.3 is 15.7 Å². The Kier molecular flexibility index (Phi) is 7.93. The number of nitrogens with zero attached hydrogens (tertiary/aromatic N) is 6. The topological polar surface area (TPSA) is 130 Å². The van der Waals surface area contributed by atoms with Gasteiger partial charge in [0.05, 0.1) is 16.8 Å². The maximum Gasteiger partial charge on any atom is 0.254 e. The van der Waals surface area contributed by atoms with E-state index in [1.165, 1.54) is 12.1 Å². The van der Waals surface area contributed by atoms with E-state index < -0.39 is 0 Å². The number of nitrogens with two attached hydrogens (primary N) is 1. The number of carbonyl (C=O) groups is 2. The van der Waals surface area contributed by atoms with Crippen LogP contribution in [0.15, 0.2) is 103 Å². The number of aldehydes is 1. The number of hydrogen-bond donors (Lipinski definition) is 2. The minimum Gasteiger partial charge on any atom is -0.507 e. The van der Waals surface area contributed by atoms with E-state index in [2.05, 4.69) is 34.1 Å². The summed E-state index contributed by atoms with van der Waals surface area (Å²) in [6.07, 6.45) is 2.24. The third kappa shape index (κ3) is 5.82. The first-order valence-electron chi connectivity index (χ1n) is 15.5. The zero-order valence-corrected chi connectivity index (χ0v) is 25.8. The number of imidazole rings is 1. The maximum absolute atomic E-state index is 13.2. The van der Waals surface area contributed by atoms with Crippen LogP contribution in [0.2, 0.25) is 0 Å². The Bertz CT molecular complexity index is 2090. The first kappa shape index (κ1) is 29.8. The average molecular weight is 624 g/mol. The Morgan fingerprint density at radius 1 is 0.957 bits per heavy atom. The SMILES string of the molecule is C[C@H]1CN(Cc2ccc(-n3c(-c4cccnc4N)nc4ccc(-c5ccccc5)nc43)cc2)CCN1C(=O)c1ccc(C=O)c(O)c1. The number of rotatable bonds is 7. The first-order chi connectivity index (χ1) is 22.9. The van der Waals surface area contributed by atoms with Crippen molar-refractivity contribution in [1.82, 2.24) is 29.3 Å². The molecule has 7 rings (SSSR count). The average Bonchev–Trinajstić information content (AvgIpc) is 3.47. The van der Waals surface area contributed by atoms with Gasteiger partial charge in [-0.15, -0.1) is 0 Å². The van der Waals surface area contributed by atoms with Crippen molar-refractivity contribution in [3.05, 3.63) is 120 Å². The Morgan fingerprint density at radius 3 is 2.49 bits per heavy atom. The molecule has 1 aliphatic heterocycles. The van der Waals surface area contributed by atoms with Gasteiger partial charge >= 0.3 is 0 Å². The molecule has 10 heteroatoms. The Hall–Kier alpha value is -5.87. The fourth-order valence-electron chi connectivity index (χ4n) is 6.19. The number of nitrogen functional groups attached to an aromatic ring is 1. The lowest BCUT2D eigenvalue weighted by atomic mass is 10.1. The van der Waals surface area contributed by atoms with Crippen molar-refractivity contribution in [3.8, 4) is 34.1 Å². The summed E-state index contributed by atoms with van der Waals surface area (Å²) >= 11 is 0. The van der Waals surface area contributed by atoms with Crippen LogP contribution in [0.1, 0.15) is 33.2 Å². The number of pyridine rings is 2. The number of fused-ring (bicyclic) bond motifs is 1. The molecule has 0 aliphatic carbocycles. The van der Waals surface area contributed by atoms with Crippen molar-refractivity contribution in [2.24, 2.45) is 0 Å². The van der Waals surface area contributed by atoms with Gasteiger partial charge in [-0.05, 0) is 67.1 Å². The van der Waals surface area contributed by atoms with E-state index in [0.29, 0.717) is 43.1 Å². The number of aromatic hydroxyl groups is 1. The summed E-state index contributed by atoms with van der Waals surface area (Å²) in [6.45, 7) is 4.72. The number of anilines is 1. The highest BCUT2D eigenvalue weighted by atomic mass is 16.3. The fraction of sp³-hybridized carbons (Fsp3) is 0.162. The Labute approximate surface area is 271 Å². The van der Waals surface area contributed by atoms with Crippen LogP contribution in [0.3, 0.4) is 0 Å². The Morgan fingerprint density at radius 2 is 1.77 bits per heavy atom. The van der Waals surface area contributed by atoms with Crippen molar-refractivity contribution in [3.63, 3.8) is 0 Å². The molecule has 1 amide bonds. The summed E-state index contributed by atoms with van der Waals surface area (Å²) in [5.41, 5.74) is 13.0. The van der Waals surface area contributed by atoms with E-state index in [0.717, 1.165) is 45.8 Å². The van der Waals surface area contributed by atoms with E-state index in [1.807, 2.05) is 71.0 Å². The van der Waals surface area contributed by atoms with E-state index in [9.17, 15) is 14.7 Å². The quantitative estimate of drug-likeness (QED) is 0.220.